The highest BCUT2D eigenvalue weighted by molar-refractivity contribution is 5.98. The van der Waals surface area contributed by atoms with Crippen LogP contribution < -0.4 is 20.7 Å². The number of aromatic nitrogens is 2. The number of carbonyl (C=O) groups excluding carboxylic acids is 2. The molecule has 0 bridgehead atoms. The number of amides is 2. The van der Waals surface area contributed by atoms with Crippen molar-refractivity contribution in [2.24, 2.45) is 0 Å². The first kappa shape index (κ1) is 35.2. The van der Waals surface area contributed by atoms with Crippen LogP contribution in [0.3, 0.4) is 0 Å². The summed E-state index contributed by atoms with van der Waals surface area (Å²) in [5.41, 5.74) is -2.34. The topological polar surface area (TPSA) is 138 Å². The number of halogens is 4. The molecular formula is C33H37F4N5O5. The lowest BCUT2D eigenvalue weighted by atomic mass is 9.74. The van der Waals surface area contributed by atoms with Crippen molar-refractivity contribution in [1.29, 1.82) is 0 Å². The standard InChI is InChI=1S/C33H37F4N5O5/c1-19-11-25(39-18-32(46,33(35,36)37)17-31(2,3)24-14-21(34)9-10-28(24)47-5)23-15-40-42(27(23)12-19)22-8-6-7-20(13-22)29(44)41-26(16-43)30(45)38-4/h6-15,26,39,43,46H,16-18H2,1-5H3,(H,38,45)(H,41,44). The summed E-state index contributed by atoms with van der Waals surface area (Å²) in [4.78, 5) is 24.8. The average Bonchev–Trinajstić information content (AvgIpc) is 3.45. The zero-order chi connectivity index (χ0) is 34.7. The quantitative estimate of drug-likeness (QED) is 0.142. The number of methoxy groups -OCH3 is 1. The zero-order valence-corrected chi connectivity index (χ0v) is 26.5. The lowest BCUT2D eigenvalue weighted by molar-refractivity contribution is -0.260. The Kier molecular flexibility index (Phi) is 10.2. The molecule has 252 valence electrons. The van der Waals surface area contributed by atoms with Gasteiger partial charge < -0.3 is 30.9 Å². The SMILES string of the molecule is CNC(=O)C(CO)NC(=O)c1cccc(-n2ncc3c(NCC(O)(CC(C)(C)c4cc(F)ccc4OC)C(F)(F)F)cc(C)cc32)c1. The molecule has 2 unspecified atom stereocenters. The summed E-state index contributed by atoms with van der Waals surface area (Å²) in [6.45, 7) is 3.17. The minimum Gasteiger partial charge on any atom is -0.496 e. The van der Waals surface area contributed by atoms with E-state index in [0.29, 0.717) is 22.2 Å². The number of carbonyl (C=O) groups is 2. The maximum atomic E-state index is 14.5. The van der Waals surface area contributed by atoms with Crippen molar-refractivity contribution in [1.82, 2.24) is 20.4 Å². The number of benzene rings is 3. The Morgan fingerprint density at radius 1 is 1.09 bits per heavy atom. The molecule has 0 aliphatic carbocycles. The molecule has 10 nitrogen and oxygen atoms in total. The van der Waals surface area contributed by atoms with E-state index in [1.807, 2.05) is 0 Å². The summed E-state index contributed by atoms with van der Waals surface area (Å²) in [5, 5.41) is 33.1. The maximum absolute atomic E-state index is 14.5. The van der Waals surface area contributed by atoms with E-state index < -0.39 is 60.4 Å². The van der Waals surface area contributed by atoms with E-state index in [9.17, 15) is 37.4 Å². The Labute approximate surface area is 268 Å². The van der Waals surface area contributed by atoms with Crippen LogP contribution in [0.15, 0.2) is 60.8 Å². The van der Waals surface area contributed by atoms with E-state index >= 15 is 0 Å². The normalized spacial score (nSPS) is 13.9. The van der Waals surface area contributed by atoms with Gasteiger partial charge in [0.15, 0.2) is 5.60 Å². The number of hydrogen-bond donors (Lipinski definition) is 5. The molecule has 0 radical (unpaired) electrons. The monoisotopic (exact) mass is 659 g/mol. The number of aliphatic hydroxyl groups excluding tert-OH is 1. The number of nitrogens with zero attached hydrogens (tertiary/aromatic N) is 2. The largest absolute Gasteiger partial charge is 0.496 e. The van der Waals surface area contributed by atoms with Gasteiger partial charge in [0.1, 0.15) is 17.6 Å². The molecule has 4 rings (SSSR count). The fourth-order valence-corrected chi connectivity index (χ4v) is 5.55. The van der Waals surface area contributed by atoms with Crippen molar-refractivity contribution in [3.05, 3.63) is 83.3 Å². The van der Waals surface area contributed by atoms with Crippen LogP contribution in [0.2, 0.25) is 0 Å². The number of anilines is 1. The van der Waals surface area contributed by atoms with Gasteiger partial charge in [-0.05, 0) is 72.9 Å². The van der Waals surface area contributed by atoms with Crippen LogP contribution in [0.4, 0.5) is 23.2 Å². The van der Waals surface area contributed by atoms with Gasteiger partial charge in [0.25, 0.3) is 5.91 Å². The fraction of sp³-hybridized carbons (Fsp3) is 0.364. The second-order valence-corrected chi connectivity index (χ2v) is 12.0. The molecule has 3 aromatic carbocycles. The summed E-state index contributed by atoms with van der Waals surface area (Å²) >= 11 is 0. The predicted molar refractivity (Wildman–Crippen MR) is 168 cm³/mol. The first-order valence-corrected chi connectivity index (χ1v) is 14.6. The average molecular weight is 660 g/mol. The van der Waals surface area contributed by atoms with Gasteiger partial charge >= 0.3 is 6.18 Å². The van der Waals surface area contributed by atoms with Gasteiger partial charge in [-0.25, -0.2) is 9.07 Å². The lowest BCUT2D eigenvalue weighted by Gasteiger charge is -2.38. The van der Waals surface area contributed by atoms with Crippen molar-refractivity contribution in [3.8, 4) is 11.4 Å². The molecule has 4 aromatic rings. The molecule has 0 aliphatic rings. The predicted octanol–water partition coefficient (Wildman–Crippen LogP) is 4.39. The molecule has 1 heterocycles. The Balaban J connectivity index is 1.65. The van der Waals surface area contributed by atoms with E-state index in [0.717, 1.165) is 12.1 Å². The number of likely N-dealkylation sites (N-methyl/N-ethyl adjacent to an activating group) is 1. The first-order valence-electron chi connectivity index (χ1n) is 14.6. The van der Waals surface area contributed by atoms with Gasteiger partial charge in [0.2, 0.25) is 5.91 Å². The van der Waals surface area contributed by atoms with E-state index in [4.69, 9.17) is 4.74 Å². The maximum Gasteiger partial charge on any atom is 0.418 e. The van der Waals surface area contributed by atoms with Gasteiger partial charge in [-0.3, -0.25) is 9.59 Å². The number of nitrogens with one attached hydrogen (secondary N) is 3. The summed E-state index contributed by atoms with van der Waals surface area (Å²) in [6, 6.07) is 12.1. The molecule has 14 heteroatoms. The Bertz CT molecular complexity index is 1770. The van der Waals surface area contributed by atoms with Crippen LogP contribution >= 0.6 is 0 Å². The molecule has 0 spiro atoms. The molecule has 47 heavy (non-hydrogen) atoms. The van der Waals surface area contributed by atoms with E-state index in [1.54, 1.807) is 31.2 Å². The number of aliphatic hydroxyl groups is 2. The Morgan fingerprint density at radius 2 is 1.81 bits per heavy atom. The minimum absolute atomic E-state index is 0.173. The van der Waals surface area contributed by atoms with Crippen LogP contribution in [0, 0.1) is 12.7 Å². The highest BCUT2D eigenvalue weighted by atomic mass is 19.4. The molecule has 0 aliphatic heterocycles. The molecule has 1 aromatic heterocycles. The summed E-state index contributed by atoms with van der Waals surface area (Å²) in [6.07, 6.45) is -4.42. The molecule has 0 fully saturated rings. The molecular weight excluding hydrogens is 622 g/mol. The second kappa shape index (κ2) is 13.6. The van der Waals surface area contributed by atoms with E-state index in [1.165, 1.54) is 57.1 Å². The molecule has 0 saturated carbocycles. The Morgan fingerprint density at radius 3 is 2.45 bits per heavy atom. The molecule has 0 saturated heterocycles. The smallest absolute Gasteiger partial charge is 0.418 e. The van der Waals surface area contributed by atoms with Gasteiger partial charge in [-0.2, -0.15) is 18.3 Å². The van der Waals surface area contributed by atoms with Gasteiger partial charge in [0.05, 0.1) is 37.7 Å². The number of ether oxygens (including phenoxy) is 1. The number of aryl methyl sites for hydroxylation is 1. The lowest BCUT2D eigenvalue weighted by Crippen LogP contribution is -2.53. The van der Waals surface area contributed by atoms with Gasteiger partial charge in [-0.1, -0.05) is 19.9 Å². The van der Waals surface area contributed by atoms with Gasteiger partial charge in [-0.15, -0.1) is 0 Å². The van der Waals surface area contributed by atoms with Crippen molar-refractivity contribution in [2.45, 2.75) is 50.4 Å². The van der Waals surface area contributed by atoms with Crippen molar-refractivity contribution >= 4 is 28.4 Å². The van der Waals surface area contributed by atoms with E-state index in [2.05, 4.69) is 21.0 Å². The number of fused-ring (bicyclic) bond motifs is 1. The summed E-state index contributed by atoms with van der Waals surface area (Å²) in [5.74, 6) is -1.64. The minimum atomic E-state index is -5.06. The number of alkyl halides is 3. The highest BCUT2D eigenvalue weighted by Crippen LogP contribution is 2.44. The number of rotatable bonds is 12. The summed E-state index contributed by atoms with van der Waals surface area (Å²) < 4.78 is 64.5. The Hall–Kier alpha value is -4.69. The van der Waals surface area contributed by atoms with Crippen molar-refractivity contribution < 1.29 is 42.1 Å². The van der Waals surface area contributed by atoms with Crippen molar-refractivity contribution in [3.63, 3.8) is 0 Å². The van der Waals surface area contributed by atoms with Crippen molar-refractivity contribution in [2.75, 3.05) is 32.6 Å². The third-order valence-corrected chi connectivity index (χ3v) is 7.96. The van der Waals surface area contributed by atoms with Crippen LogP contribution in [-0.2, 0) is 10.2 Å². The van der Waals surface area contributed by atoms with Crippen LogP contribution in [0.25, 0.3) is 16.6 Å². The van der Waals surface area contributed by atoms with Crippen LogP contribution in [-0.4, -0.2) is 76.9 Å². The van der Waals surface area contributed by atoms with Crippen LogP contribution in [0.5, 0.6) is 5.75 Å². The number of hydrogen-bond acceptors (Lipinski definition) is 7. The molecule has 2 atom stereocenters. The zero-order valence-electron chi connectivity index (χ0n) is 26.5. The highest BCUT2D eigenvalue weighted by Gasteiger charge is 2.56. The fourth-order valence-electron chi connectivity index (χ4n) is 5.55. The molecule has 5 N–H and O–H groups in total. The van der Waals surface area contributed by atoms with Crippen LogP contribution in [0.1, 0.15) is 41.8 Å². The second-order valence-electron chi connectivity index (χ2n) is 12.0. The molecule has 2 amide bonds. The first-order chi connectivity index (χ1) is 22.0. The third kappa shape index (κ3) is 7.49. The van der Waals surface area contributed by atoms with Gasteiger partial charge in [0, 0.05) is 29.2 Å². The van der Waals surface area contributed by atoms with E-state index in [-0.39, 0.29) is 22.6 Å². The summed E-state index contributed by atoms with van der Waals surface area (Å²) in [7, 11) is 2.71. The third-order valence-electron chi connectivity index (χ3n) is 7.96.